The van der Waals surface area contributed by atoms with Gasteiger partial charge < -0.3 is 40.5 Å². The summed E-state index contributed by atoms with van der Waals surface area (Å²) in [6, 6.07) is 7.64. The van der Waals surface area contributed by atoms with Gasteiger partial charge in [-0.15, -0.1) is 0 Å². The fourth-order valence-electron chi connectivity index (χ4n) is 8.23. The first-order valence-electron chi connectivity index (χ1n) is 20.2. The van der Waals surface area contributed by atoms with Crippen molar-refractivity contribution in [2.45, 2.75) is 110 Å². The average Bonchev–Trinajstić information content (AvgIpc) is 3.67. The molecule has 2 fully saturated rings. The minimum absolute atomic E-state index is 0.00905. The van der Waals surface area contributed by atoms with E-state index in [0.717, 1.165) is 44.6 Å². The lowest BCUT2D eigenvalue weighted by molar-refractivity contribution is -0.146. The van der Waals surface area contributed by atoms with E-state index in [9.17, 15) is 24.0 Å². The van der Waals surface area contributed by atoms with Gasteiger partial charge in [-0.05, 0) is 37.2 Å². The maximum atomic E-state index is 14.2. The van der Waals surface area contributed by atoms with Crippen molar-refractivity contribution in [3.63, 3.8) is 0 Å². The maximum Gasteiger partial charge on any atom is 0.242 e. The van der Waals surface area contributed by atoms with E-state index in [2.05, 4.69) is 26.2 Å². The molecule has 2 aliphatic heterocycles. The van der Waals surface area contributed by atoms with Crippen molar-refractivity contribution in [2.24, 2.45) is 17.8 Å². The number of nitrogens with one attached hydrogen (secondary N) is 4. The zero-order chi connectivity index (χ0) is 40.7. The second-order valence-corrected chi connectivity index (χ2v) is 15.5. The van der Waals surface area contributed by atoms with Crippen molar-refractivity contribution in [1.29, 1.82) is 0 Å². The van der Waals surface area contributed by atoms with Gasteiger partial charge in [-0.2, -0.15) is 0 Å². The smallest absolute Gasteiger partial charge is 0.242 e. The summed E-state index contributed by atoms with van der Waals surface area (Å²) >= 11 is 0. The van der Waals surface area contributed by atoms with E-state index in [4.69, 9.17) is 9.47 Å². The lowest BCUT2D eigenvalue weighted by Gasteiger charge is -2.39. The number of hydrogen-bond acceptors (Lipinski definition) is 9. The highest BCUT2D eigenvalue weighted by atomic mass is 16.5. The molecule has 0 spiro atoms. The van der Waals surface area contributed by atoms with Crippen molar-refractivity contribution < 1.29 is 33.4 Å². The Hall–Kier alpha value is -3.59. The molecule has 2 saturated heterocycles. The number of benzene rings is 1. The van der Waals surface area contributed by atoms with Gasteiger partial charge in [0.15, 0.2) is 0 Å². The third-order valence-corrected chi connectivity index (χ3v) is 11.4. The van der Waals surface area contributed by atoms with E-state index in [-0.39, 0.29) is 66.4 Å². The second-order valence-electron chi connectivity index (χ2n) is 15.5. The molecular formula is C41H69N7O7. The summed E-state index contributed by atoms with van der Waals surface area (Å²) in [6.45, 7) is 15.7. The quantitative estimate of drug-likeness (QED) is 0.146. The van der Waals surface area contributed by atoms with Crippen LogP contribution in [0.2, 0.25) is 0 Å². The SMILES string of the molecule is CCNC(=O)C(Cc1ccccc1)NC(=O)C(C)C(OC)C1CCCN1C(=O)CC(OC)C(C(C)CC)N(C)C(=O)CNC(=O)C(C(C)C)N1CCNCC1. The van der Waals surface area contributed by atoms with Gasteiger partial charge in [-0.25, -0.2) is 0 Å². The molecule has 0 radical (unpaired) electrons. The van der Waals surface area contributed by atoms with Crippen molar-refractivity contribution in [2.75, 3.05) is 67.1 Å². The molecule has 1 aromatic rings. The first-order valence-corrected chi connectivity index (χ1v) is 20.2. The molecule has 310 valence electrons. The molecule has 3 rings (SSSR count). The molecule has 14 heteroatoms. The van der Waals surface area contributed by atoms with Gasteiger partial charge in [0.1, 0.15) is 6.04 Å². The van der Waals surface area contributed by atoms with Crippen LogP contribution in [0.25, 0.3) is 0 Å². The Morgan fingerprint density at radius 3 is 2.16 bits per heavy atom. The molecule has 2 heterocycles. The van der Waals surface area contributed by atoms with Gasteiger partial charge in [0, 0.05) is 67.0 Å². The van der Waals surface area contributed by atoms with Gasteiger partial charge in [-0.1, -0.05) is 71.4 Å². The Kier molecular flexibility index (Phi) is 19.0. The van der Waals surface area contributed by atoms with E-state index in [1.807, 2.05) is 65.0 Å². The Labute approximate surface area is 329 Å². The van der Waals surface area contributed by atoms with Crippen molar-refractivity contribution >= 4 is 29.5 Å². The van der Waals surface area contributed by atoms with Crippen LogP contribution < -0.4 is 21.3 Å². The normalized spacial score (nSPS) is 20.1. The zero-order valence-corrected chi connectivity index (χ0v) is 34.8. The summed E-state index contributed by atoms with van der Waals surface area (Å²) < 4.78 is 11.9. The zero-order valence-electron chi connectivity index (χ0n) is 34.8. The third-order valence-electron chi connectivity index (χ3n) is 11.4. The van der Waals surface area contributed by atoms with Crippen LogP contribution >= 0.6 is 0 Å². The highest BCUT2D eigenvalue weighted by Crippen LogP contribution is 2.29. The molecule has 0 aromatic heterocycles. The highest BCUT2D eigenvalue weighted by molar-refractivity contribution is 5.89. The maximum absolute atomic E-state index is 14.2. The van der Waals surface area contributed by atoms with Gasteiger partial charge in [0.25, 0.3) is 0 Å². The molecule has 8 atom stereocenters. The lowest BCUT2D eigenvalue weighted by atomic mass is 9.90. The summed E-state index contributed by atoms with van der Waals surface area (Å²) in [4.78, 5) is 73.5. The van der Waals surface area contributed by atoms with Gasteiger partial charge in [0.2, 0.25) is 29.5 Å². The molecule has 8 unspecified atom stereocenters. The number of likely N-dealkylation sites (tertiary alicyclic amines) is 1. The van der Waals surface area contributed by atoms with Crippen LogP contribution in [0.1, 0.15) is 72.8 Å². The van der Waals surface area contributed by atoms with Crippen molar-refractivity contribution in [3.8, 4) is 0 Å². The number of ether oxygens (including phenoxy) is 2. The van der Waals surface area contributed by atoms with Crippen LogP contribution in [0.4, 0.5) is 0 Å². The average molecular weight is 772 g/mol. The van der Waals surface area contributed by atoms with Crippen LogP contribution in [0, 0.1) is 17.8 Å². The molecule has 2 aliphatic rings. The molecule has 5 amide bonds. The monoisotopic (exact) mass is 772 g/mol. The minimum Gasteiger partial charge on any atom is -0.379 e. The summed E-state index contributed by atoms with van der Waals surface area (Å²) in [6.07, 6.45) is 1.27. The van der Waals surface area contributed by atoms with Gasteiger partial charge in [-0.3, -0.25) is 28.9 Å². The predicted octanol–water partition coefficient (Wildman–Crippen LogP) is 1.82. The van der Waals surface area contributed by atoms with E-state index in [1.165, 1.54) is 0 Å². The van der Waals surface area contributed by atoms with E-state index >= 15 is 0 Å². The van der Waals surface area contributed by atoms with E-state index in [1.54, 1.807) is 38.0 Å². The topological polar surface area (TPSA) is 162 Å². The molecule has 0 aliphatic carbocycles. The van der Waals surface area contributed by atoms with Crippen LogP contribution in [0.5, 0.6) is 0 Å². The molecule has 1 aromatic carbocycles. The Balaban J connectivity index is 1.70. The molecule has 55 heavy (non-hydrogen) atoms. The number of hydrogen-bond donors (Lipinski definition) is 4. The number of nitrogens with zero attached hydrogens (tertiary/aromatic N) is 3. The summed E-state index contributed by atoms with van der Waals surface area (Å²) in [5.41, 5.74) is 0.925. The lowest BCUT2D eigenvalue weighted by Crippen LogP contribution is -2.57. The summed E-state index contributed by atoms with van der Waals surface area (Å²) in [5.74, 6) is -1.75. The standard InChI is InChI=1S/C41H69N7O7/c1-10-28(5)37(46(7)35(50)26-44-41(53)36(27(3)4)47-22-19-42-20-23-47)33(54-8)25-34(49)48-21-15-18-32(48)38(55-9)29(6)39(51)45-31(40(52)43-11-2)24-30-16-13-12-14-17-30/h12-14,16-17,27-29,31-33,36-38,42H,10-11,15,18-26H2,1-9H3,(H,43,52)(H,44,53)(H,45,51). The van der Waals surface area contributed by atoms with Crippen LogP contribution in [0.15, 0.2) is 30.3 Å². The van der Waals surface area contributed by atoms with Crippen LogP contribution in [-0.4, -0.2) is 148 Å². The Morgan fingerprint density at radius 1 is 0.909 bits per heavy atom. The van der Waals surface area contributed by atoms with Crippen molar-refractivity contribution in [3.05, 3.63) is 35.9 Å². The molecule has 0 bridgehead atoms. The van der Waals surface area contributed by atoms with Crippen molar-refractivity contribution in [1.82, 2.24) is 36.0 Å². The van der Waals surface area contributed by atoms with Crippen LogP contribution in [-0.2, 0) is 39.9 Å². The largest absolute Gasteiger partial charge is 0.379 e. The fourth-order valence-corrected chi connectivity index (χ4v) is 8.23. The first kappa shape index (κ1) is 45.8. The van der Waals surface area contributed by atoms with Gasteiger partial charge in [0.05, 0.1) is 49.2 Å². The second kappa shape index (κ2) is 22.8. The summed E-state index contributed by atoms with van der Waals surface area (Å²) in [5, 5.41) is 12.0. The number of carbonyl (C=O) groups is 5. The fraction of sp³-hybridized carbons (Fsp3) is 0.732. The summed E-state index contributed by atoms with van der Waals surface area (Å²) in [7, 11) is 4.81. The Morgan fingerprint density at radius 2 is 1.58 bits per heavy atom. The third kappa shape index (κ3) is 12.7. The molecule has 0 saturated carbocycles. The number of piperazine rings is 1. The molecule has 14 nitrogen and oxygen atoms in total. The number of rotatable bonds is 21. The number of carbonyl (C=O) groups excluding carboxylic acids is 5. The van der Waals surface area contributed by atoms with Gasteiger partial charge >= 0.3 is 0 Å². The molecule has 4 N–H and O–H groups in total. The number of methoxy groups -OCH3 is 2. The predicted molar refractivity (Wildman–Crippen MR) is 213 cm³/mol. The minimum atomic E-state index is -0.770. The number of amides is 5. The molecular weight excluding hydrogens is 702 g/mol. The Bertz CT molecular complexity index is 1380. The number of likely N-dealkylation sites (N-methyl/N-ethyl adjacent to an activating group) is 2. The highest BCUT2D eigenvalue weighted by Gasteiger charge is 2.42. The van der Waals surface area contributed by atoms with E-state index < -0.39 is 30.2 Å². The first-order chi connectivity index (χ1) is 26.3. The van der Waals surface area contributed by atoms with Crippen LogP contribution in [0.3, 0.4) is 0 Å². The van der Waals surface area contributed by atoms with E-state index in [0.29, 0.717) is 25.9 Å².